The summed E-state index contributed by atoms with van der Waals surface area (Å²) in [4.78, 5) is 0. The minimum absolute atomic E-state index is 0.279. The van der Waals surface area contributed by atoms with Crippen LogP contribution in [0, 0.1) is 0 Å². The van der Waals surface area contributed by atoms with Crippen LogP contribution in [0.15, 0.2) is 134 Å². The van der Waals surface area contributed by atoms with Crippen molar-refractivity contribution in [2.24, 2.45) is 0 Å². The summed E-state index contributed by atoms with van der Waals surface area (Å²) < 4.78 is 38.8. The molecule has 0 aliphatic carbocycles. The molecule has 1 unspecified atom stereocenters. The predicted molar refractivity (Wildman–Crippen MR) is 166 cm³/mol. The summed E-state index contributed by atoms with van der Waals surface area (Å²) in [6, 6.07) is 40.3. The number of benzene rings is 4. The van der Waals surface area contributed by atoms with Gasteiger partial charge in [0.15, 0.2) is 0 Å². The standard InChI is InChI=1S/C37H40O6/c1-28(2)42-37-36(41-26-32-21-13-6-14-22-32)35(40-25-31-19-11-5-12-20-31)34(39-24-30-17-9-4-10-18-30)33(43-37)27-38-23-29-15-7-3-8-16-29/h3-22,33-37H,1,23-27H2,2H3/t33-,34-,35+,36-,37?/m1/s1. The normalized spacial score (nSPS) is 21.7. The van der Waals surface area contributed by atoms with Crippen molar-refractivity contribution in [2.45, 2.75) is 64.1 Å². The Balaban J connectivity index is 1.42. The average molecular weight is 581 g/mol. The van der Waals surface area contributed by atoms with Gasteiger partial charge in [-0.2, -0.15) is 0 Å². The van der Waals surface area contributed by atoms with E-state index in [1.54, 1.807) is 6.92 Å². The van der Waals surface area contributed by atoms with Gasteiger partial charge in [-0.05, 0) is 29.2 Å². The van der Waals surface area contributed by atoms with E-state index in [9.17, 15) is 0 Å². The number of ether oxygens (including phenoxy) is 6. The summed E-state index contributed by atoms with van der Waals surface area (Å²) in [6.07, 6.45) is -2.91. The molecule has 6 heteroatoms. The number of hydrogen-bond donors (Lipinski definition) is 0. The van der Waals surface area contributed by atoms with E-state index in [1.165, 1.54) is 0 Å². The molecule has 6 nitrogen and oxygen atoms in total. The molecule has 5 atom stereocenters. The van der Waals surface area contributed by atoms with Gasteiger partial charge >= 0.3 is 0 Å². The lowest BCUT2D eigenvalue weighted by Gasteiger charge is -2.45. The number of hydrogen-bond acceptors (Lipinski definition) is 6. The summed E-state index contributed by atoms with van der Waals surface area (Å²) in [5.74, 6) is 0.521. The molecule has 1 aliphatic rings. The molecule has 0 N–H and O–H groups in total. The van der Waals surface area contributed by atoms with Crippen LogP contribution in [-0.4, -0.2) is 37.3 Å². The topological polar surface area (TPSA) is 55.4 Å². The van der Waals surface area contributed by atoms with Crippen LogP contribution in [0.1, 0.15) is 29.2 Å². The van der Waals surface area contributed by atoms with Crippen LogP contribution in [0.4, 0.5) is 0 Å². The smallest absolute Gasteiger partial charge is 0.228 e. The highest BCUT2D eigenvalue weighted by molar-refractivity contribution is 5.16. The SMILES string of the molecule is C=C(C)OC1O[C@H](COCc2ccccc2)[C@@H](OCc2ccccc2)[C@H](OCc2ccccc2)[C@H]1OCc1ccccc1. The van der Waals surface area contributed by atoms with E-state index in [2.05, 4.69) is 6.58 Å². The summed E-state index contributed by atoms with van der Waals surface area (Å²) in [5.41, 5.74) is 4.21. The lowest BCUT2D eigenvalue weighted by Crippen LogP contribution is -2.61. The molecule has 0 spiro atoms. The zero-order valence-corrected chi connectivity index (χ0v) is 24.6. The van der Waals surface area contributed by atoms with Gasteiger partial charge in [0.2, 0.25) is 6.29 Å². The van der Waals surface area contributed by atoms with Gasteiger partial charge in [0, 0.05) is 0 Å². The van der Waals surface area contributed by atoms with Crippen LogP contribution in [0.2, 0.25) is 0 Å². The van der Waals surface area contributed by atoms with Crippen molar-refractivity contribution in [3.63, 3.8) is 0 Å². The largest absolute Gasteiger partial charge is 0.467 e. The zero-order chi connectivity index (χ0) is 29.7. The molecule has 0 radical (unpaired) electrons. The van der Waals surface area contributed by atoms with Gasteiger partial charge in [-0.1, -0.05) is 128 Å². The molecule has 0 bridgehead atoms. The first-order valence-corrected chi connectivity index (χ1v) is 14.7. The van der Waals surface area contributed by atoms with Crippen molar-refractivity contribution in [3.05, 3.63) is 156 Å². The summed E-state index contributed by atoms with van der Waals surface area (Å²) in [6.45, 7) is 7.62. The third kappa shape index (κ3) is 9.35. The Bertz CT molecular complexity index is 1350. The van der Waals surface area contributed by atoms with E-state index in [-0.39, 0.29) is 6.61 Å². The van der Waals surface area contributed by atoms with E-state index < -0.39 is 30.7 Å². The van der Waals surface area contributed by atoms with Gasteiger partial charge in [0.05, 0.1) is 38.8 Å². The Kier molecular flexibility index (Phi) is 11.5. The van der Waals surface area contributed by atoms with Crippen LogP contribution in [0.25, 0.3) is 0 Å². The van der Waals surface area contributed by atoms with Gasteiger partial charge < -0.3 is 28.4 Å². The maximum absolute atomic E-state index is 6.68. The van der Waals surface area contributed by atoms with Crippen molar-refractivity contribution in [2.75, 3.05) is 6.61 Å². The molecule has 0 aromatic heterocycles. The first-order valence-electron chi connectivity index (χ1n) is 14.7. The highest BCUT2D eigenvalue weighted by Gasteiger charge is 2.49. The maximum Gasteiger partial charge on any atom is 0.228 e. The Morgan fingerprint density at radius 1 is 0.558 bits per heavy atom. The first kappa shape index (κ1) is 30.7. The summed E-state index contributed by atoms with van der Waals surface area (Å²) in [5, 5.41) is 0. The van der Waals surface area contributed by atoms with Crippen molar-refractivity contribution < 1.29 is 28.4 Å². The third-order valence-corrected chi connectivity index (χ3v) is 7.16. The van der Waals surface area contributed by atoms with Gasteiger partial charge in [-0.15, -0.1) is 0 Å². The quantitative estimate of drug-likeness (QED) is 0.138. The highest BCUT2D eigenvalue weighted by atomic mass is 16.7. The van der Waals surface area contributed by atoms with E-state index in [0.717, 1.165) is 22.3 Å². The van der Waals surface area contributed by atoms with Gasteiger partial charge in [0.25, 0.3) is 0 Å². The molecule has 1 aliphatic heterocycles. The van der Waals surface area contributed by atoms with Crippen molar-refractivity contribution in [3.8, 4) is 0 Å². The van der Waals surface area contributed by atoms with E-state index in [1.807, 2.05) is 121 Å². The third-order valence-electron chi connectivity index (χ3n) is 7.16. The molecule has 1 heterocycles. The molecule has 5 rings (SSSR count). The summed E-state index contributed by atoms with van der Waals surface area (Å²) >= 11 is 0. The minimum Gasteiger partial charge on any atom is -0.467 e. The Morgan fingerprint density at radius 3 is 1.40 bits per heavy atom. The Labute approximate surface area is 254 Å². The minimum atomic E-state index is -0.774. The fraction of sp³-hybridized carbons (Fsp3) is 0.297. The second kappa shape index (κ2) is 16.2. The molecule has 1 saturated heterocycles. The van der Waals surface area contributed by atoms with E-state index in [0.29, 0.717) is 32.2 Å². The monoisotopic (exact) mass is 580 g/mol. The molecule has 4 aromatic carbocycles. The second-order valence-electron chi connectivity index (χ2n) is 10.6. The fourth-order valence-corrected chi connectivity index (χ4v) is 5.04. The lowest BCUT2D eigenvalue weighted by atomic mass is 9.97. The first-order chi connectivity index (χ1) is 21.2. The van der Waals surface area contributed by atoms with Crippen molar-refractivity contribution in [1.82, 2.24) is 0 Å². The highest BCUT2D eigenvalue weighted by Crippen LogP contribution is 2.32. The molecule has 0 amide bonds. The van der Waals surface area contributed by atoms with Gasteiger partial charge in [0.1, 0.15) is 24.4 Å². The van der Waals surface area contributed by atoms with Gasteiger partial charge in [-0.3, -0.25) is 0 Å². The van der Waals surface area contributed by atoms with Crippen molar-refractivity contribution in [1.29, 1.82) is 0 Å². The second-order valence-corrected chi connectivity index (χ2v) is 10.6. The fourth-order valence-electron chi connectivity index (χ4n) is 5.04. The number of rotatable bonds is 15. The summed E-state index contributed by atoms with van der Waals surface area (Å²) in [7, 11) is 0. The average Bonchev–Trinajstić information content (AvgIpc) is 3.04. The maximum atomic E-state index is 6.68. The van der Waals surface area contributed by atoms with Crippen LogP contribution in [0.3, 0.4) is 0 Å². The van der Waals surface area contributed by atoms with Crippen LogP contribution in [-0.2, 0) is 54.8 Å². The van der Waals surface area contributed by atoms with Crippen LogP contribution >= 0.6 is 0 Å². The van der Waals surface area contributed by atoms with Crippen LogP contribution < -0.4 is 0 Å². The molecular weight excluding hydrogens is 540 g/mol. The Hall–Kier alpha value is -3.78. The van der Waals surface area contributed by atoms with Gasteiger partial charge in [-0.25, -0.2) is 0 Å². The zero-order valence-electron chi connectivity index (χ0n) is 24.6. The number of allylic oxidation sites excluding steroid dienone is 1. The lowest BCUT2D eigenvalue weighted by molar-refractivity contribution is -0.320. The molecule has 1 fully saturated rings. The predicted octanol–water partition coefficient (Wildman–Crippen LogP) is 7.23. The molecule has 4 aromatic rings. The van der Waals surface area contributed by atoms with Crippen LogP contribution in [0.5, 0.6) is 0 Å². The molecule has 43 heavy (non-hydrogen) atoms. The molecule has 0 saturated carbocycles. The molecular formula is C37H40O6. The van der Waals surface area contributed by atoms with E-state index >= 15 is 0 Å². The Morgan fingerprint density at radius 2 is 0.953 bits per heavy atom. The van der Waals surface area contributed by atoms with Crippen molar-refractivity contribution >= 4 is 0 Å². The van der Waals surface area contributed by atoms with E-state index in [4.69, 9.17) is 28.4 Å². The molecule has 224 valence electrons.